The lowest BCUT2D eigenvalue weighted by Crippen LogP contribution is -2.33. The summed E-state index contributed by atoms with van der Waals surface area (Å²) in [5, 5.41) is 0.828. The Labute approximate surface area is 184 Å². The number of benzene rings is 3. The molecule has 0 saturated heterocycles. The monoisotopic (exact) mass is 446 g/mol. The molecule has 7 nitrogen and oxygen atoms in total. The van der Waals surface area contributed by atoms with Crippen molar-refractivity contribution in [1.82, 2.24) is 4.31 Å². The molecule has 0 fully saturated rings. The maximum absolute atomic E-state index is 13.4. The Morgan fingerprint density at radius 1 is 0.969 bits per heavy atom. The van der Waals surface area contributed by atoms with E-state index in [0.29, 0.717) is 16.5 Å². The SMILES string of the molecule is CN(Cc1ccccc1)S(=O)(=O)c1ccc2c3c(cccc13)C(=O)N2C(=O)c1ccco1. The van der Waals surface area contributed by atoms with Gasteiger partial charge in [0.05, 0.1) is 22.4 Å². The summed E-state index contributed by atoms with van der Waals surface area (Å²) >= 11 is 0. The van der Waals surface area contributed by atoms with E-state index in [2.05, 4.69) is 0 Å². The summed E-state index contributed by atoms with van der Waals surface area (Å²) in [7, 11) is -2.35. The standard InChI is InChI=1S/C24H18N2O5S/c1-25(15-16-7-3-2-4-8-16)32(29,30)21-13-12-19-22-17(21)9-5-10-18(22)23(27)26(19)24(28)20-11-6-14-31-20/h2-14H,15H2,1H3. The maximum Gasteiger partial charge on any atom is 0.301 e. The number of nitrogens with zero attached hydrogens (tertiary/aromatic N) is 2. The molecule has 0 saturated carbocycles. The Kier molecular flexibility index (Phi) is 4.69. The number of hydrogen-bond acceptors (Lipinski definition) is 5. The molecule has 5 rings (SSSR count). The summed E-state index contributed by atoms with van der Waals surface area (Å²) in [5.41, 5.74) is 1.47. The zero-order valence-electron chi connectivity index (χ0n) is 17.1. The lowest BCUT2D eigenvalue weighted by molar-refractivity contribution is 0.0886. The van der Waals surface area contributed by atoms with Crippen molar-refractivity contribution in [3.63, 3.8) is 0 Å². The fraction of sp³-hybridized carbons (Fsp3) is 0.0833. The number of carbonyl (C=O) groups is 2. The van der Waals surface area contributed by atoms with Crippen LogP contribution in [-0.2, 0) is 16.6 Å². The van der Waals surface area contributed by atoms with Crippen LogP contribution in [0.25, 0.3) is 10.8 Å². The van der Waals surface area contributed by atoms with Crippen molar-refractivity contribution in [2.45, 2.75) is 11.4 Å². The highest BCUT2D eigenvalue weighted by Gasteiger charge is 2.37. The zero-order chi connectivity index (χ0) is 22.5. The molecular formula is C24H18N2O5S. The number of carbonyl (C=O) groups excluding carboxylic acids is 2. The second kappa shape index (κ2) is 7.44. The first-order valence-electron chi connectivity index (χ1n) is 9.88. The molecule has 0 atom stereocenters. The van der Waals surface area contributed by atoms with E-state index in [1.807, 2.05) is 30.3 Å². The molecule has 8 heteroatoms. The van der Waals surface area contributed by atoms with Crippen molar-refractivity contribution in [3.05, 3.63) is 95.9 Å². The van der Waals surface area contributed by atoms with E-state index < -0.39 is 21.8 Å². The largest absolute Gasteiger partial charge is 0.459 e. The van der Waals surface area contributed by atoms with Crippen molar-refractivity contribution in [2.75, 3.05) is 11.9 Å². The van der Waals surface area contributed by atoms with Crippen LogP contribution >= 0.6 is 0 Å². The number of rotatable bonds is 5. The Bertz CT molecular complexity index is 1460. The minimum absolute atomic E-state index is 0.0265. The third-order valence-electron chi connectivity index (χ3n) is 5.52. The maximum atomic E-state index is 13.4. The van der Waals surface area contributed by atoms with E-state index in [1.165, 1.54) is 35.8 Å². The number of anilines is 1. The molecule has 0 bridgehead atoms. The summed E-state index contributed by atoms with van der Waals surface area (Å²) in [6.45, 7) is 0.203. The molecule has 2 amide bonds. The summed E-state index contributed by atoms with van der Waals surface area (Å²) in [5.74, 6) is -1.09. The summed E-state index contributed by atoms with van der Waals surface area (Å²) < 4.78 is 33.3. The summed E-state index contributed by atoms with van der Waals surface area (Å²) in [4.78, 5) is 27.1. The normalized spacial score (nSPS) is 13.3. The van der Waals surface area contributed by atoms with E-state index >= 15 is 0 Å². The fourth-order valence-corrected chi connectivity index (χ4v) is 5.33. The van der Waals surface area contributed by atoms with Gasteiger partial charge in [0.1, 0.15) is 0 Å². The molecule has 160 valence electrons. The van der Waals surface area contributed by atoms with Crippen LogP contribution in [0.1, 0.15) is 26.5 Å². The number of furan rings is 1. The van der Waals surface area contributed by atoms with Gasteiger partial charge in [-0.25, -0.2) is 13.3 Å². The topological polar surface area (TPSA) is 87.9 Å². The van der Waals surface area contributed by atoms with Crippen LogP contribution in [0, 0.1) is 0 Å². The van der Waals surface area contributed by atoms with Gasteiger partial charge in [-0.3, -0.25) is 9.59 Å². The van der Waals surface area contributed by atoms with Crippen molar-refractivity contribution >= 4 is 38.3 Å². The summed E-state index contributed by atoms with van der Waals surface area (Å²) in [6.07, 6.45) is 1.36. The van der Waals surface area contributed by atoms with Gasteiger partial charge in [0.2, 0.25) is 10.0 Å². The predicted octanol–water partition coefficient (Wildman–Crippen LogP) is 4.05. The number of sulfonamides is 1. The highest BCUT2D eigenvalue weighted by molar-refractivity contribution is 7.89. The van der Waals surface area contributed by atoms with E-state index in [-0.39, 0.29) is 22.8 Å². The summed E-state index contributed by atoms with van der Waals surface area (Å²) in [6, 6.07) is 20.1. The molecule has 1 aliphatic rings. The Balaban J connectivity index is 1.61. The van der Waals surface area contributed by atoms with Gasteiger partial charge in [0.25, 0.3) is 5.91 Å². The molecule has 1 aliphatic heterocycles. The molecule has 0 unspecified atom stereocenters. The molecule has 3 aromatic carbocycles. The van der Waals surface area contributed by atoms with E-state index in [4.69, 9.17) is 4.42 Å². The van der Waals surface area contributed by atoms with Crippen LogP contribution in [0.15, 0.2) is 88.4 Å². The molecule has 0 radical (unpaired) electrons. The van der Waals surface area contributed by atoms with Crippen LogP contribution < -0.4 is 4.90 Å². The second-order valence-corrected chi connectivity index (χ2v) is 9.49. The predicted molar refractivity (Wildman–Crippen MR) is 119 cm³/mol. The number of hydrogen-bond donors (Lipinski definition) is 0. The Morgan fingerprint density at radius 2 is 1.75 bits per heavy atom. The third-order valence-corrected chi connectivity index (χ3v) is 7.39. The average molecular weight is 446 g/mol. The van der Waals surface area contributed by atoms with E-state index in [0.717, 1.165) is 10.5 Å². The third kappa shape index (κ3) is 3.04. The van der Waals surface area contributed by atoms with Gasteiger partial charge in [-0.15, -0.1) is 0 Å². The zero-order valence-corrected chi connectivity index (χ0v) is 17.9. The van der Waals surface area contributed by atoms with Gasteiger partial charge in [0, 0.05) is 24.4 Å². The first-order valence-corrected chi connectivity index (χ1v) is 11.3. The smallest absolute Gasteiger partial charge is 0.301 e. The average Bonchev–Trinajstić information content (AvgIpc) is 3.43. The Morgan fingerprint density at radius 3 is 2.47 bits per heavy atom. The quantitative estimate of drug-likeness (QED) is 0.432. The molecule has 0 N–H and O–H groups in total. The van der Waals surface area contributed by atoms with E-state index in [1.54, 1.807) is 24.3 Å². The van der Waals surface area contributed by atoms with Crippen molar-refractivity contribution in [2.24, 2.45) is 0 Å². The van der Waals surface area contributed by atoms with Crippen LogP contribution in [0.3, 0.4) is 0 Å². The highest BCUT2D eigenvalue weighted by atomic mass is 32.2. The van der Waals surface area contributed by atoms with Gasteiger partial charge in [-0.2, -0.15) is 4.31 Å². The van der Waals surface area contributed by atoms with Crippen molar-refractivity contribution in [3.8, 4) is 0 Å². The van der Waals surface area contributed by atoms with Crippen molar-refractivity contribution in [1.29, 1.82) is 0 Å². The lowest BCUT2D eigenvalue weighted by Gasteiger charge is -2.19. The van der Waals surface area contributed by atoms with Crippen LogP contribution in [-0.4, -0.2) is 31.6 Å². The van der Waals surface area contributed by atoms with Crippen molar-refractivity contribution < 1.29 is 22.4 Å². The van der Waals surface area contributed by atoms with Gasteiger partial charge in [-0.1, -0.05) is 42.5 Å². The van der Waals surface area contributed by atoms with E-state index in [9.17, 15) is 18.0 Å². The molecule has 2 heterocycles. The van der Waals surface area contributed by atoms with Gasteiger partial charge in [0.15, 0.2) is 5.76 Å². The highest BCUT2D eigenvalue weighted by Crippen LogP contribution is 2.41. The molecule has 4 aromatic rings. The molecule has 1 aromatic heterocycles. The van der Waals surface area contributed by atoms with Crippen LogP contribution in [0.2, 0.25) is 0 Å². The van der Waals surface area contributed by atoms with Gasteiger partial charge in [-0.05, 0) is 35.9 Å². The molecular weight excluding hydrogens is 428 g/mol. The Hall–Kier alpha value is -3.75. The molecule has 0 aliphatic carbocycles. The first-order chi connectivity index (χ1) is 15.4. The van der Waals surface area contributed by atoms with Gasteiger partial charge >= 0.3 is 5.91 Å². The number of imide groups is 1. The molecule has 32 heavy (non-hydrogen) atoms. The number of amides is 2. The van der Waals surface area contributed by atoms with Crippen LogP contribution in [0.4, 0.5) is 5.69 Å². The minimum atomic E-state index is -3.87. The fourth-order valence-electron chi connectivity index (χ4n) is 3.99. The minimum Gasteiger partial charge on any atom is -0.459 e. The lowest BCUT2D eigenvalue weighted by atomic mass is 10.1. The van der Waals surface area contributed by atoms with Gasteiger partial charge < -0.3 is 4.42 Å². The molecule has 0 spiro atoms. The first kappa shape index (κ1) is 20.2. The second-order valence-electron chi connectivity index (χ2n) is 7.48. The van der Waals surface area contributed by atoms with Crippen LogP contribution in [0.5, 0.6) is 0 Å².